The summed E-state index contributed by atoms with van der Waals surface area (Å²) < 4.78 is 18.6. The third kappa shape index (κ3) is 6.47. The summed E-state index contributed by atoms with van der Waals surface area (Å²) in [4.78, 5) is 11.9. The second-order valence-corrected chi connectivity index (χ2v) is 9.94. The van der Waals surface area contributed by atoms with Crippen LogP contribution in [0.25, 0.3) is 26.6 Å². The Morgan fingerprint density at radius 2 is 1.78 bits per heavy atom. The fourth-order valence-electron chi connectivity index (χ4n) is 3.97. The summed E-state index contributed by atoms with van der Waals surface area (Å²) in [6.07, 6.45) is 3.29. The minimum absolute atomic E-state index is 0.345. The Labute approximate surface area is 221 Å². The molecule has 0 aliphatic carbocycles. The molecule has 1 aromatic heterocycles. The van der Waals surface area contributed by atoms with E-state index in [0.717, 1.165) is 43.7 Å². The number of carboxylic acid groups (broad SMARTS) is 1. The summed E-state index contributed by atoms with van der Waals surface area (Å²) >= 11 is 1.67. The van der Waals surface area contributed by atoms with E-state index in [9.17, 15) is 4.79 Å². The van der Waals surface area contributed by atoms with Crippen LogP contribution < -0.4 is 9.47 Å². The fraction of sp³-hybridized carbons (Fsp3) is 0.194. The number of rotatable bonds is 11. The number of methoxy groups -OCH3 is 1. The summed E-state index contributed by atoms with van der Waals surface area (Å²) in [6, 6.07) is 21.7. The van der Waals surface area contributed by atoms with E-state index in [1.165, 1.54) is 5.56 Å². The van der Waals surface area contributed by atoms with Crippen LogP contribution in [0.1, 0.15) is 37.3 Å². The third-order valence-electron chi connectivity index (χ3n) is 5.81. The second-order valence-electron chi connectivity index (χ2n) is 8.89. The zero-order chi connectivity index (χ0) is 26.4. The van der Waals surface area contributed by atoms with Crippen molar-refractivity contribution in [1.82, 2.24) is 0 Å². The highest BCUT2D eigenvalue weighted by Crippen LogP contribution is 2.49. The third-order valence-corrected chi connectivity index (χ3v) is 6.98. The van der Waals surface area contributed by atoms with Gasteiger partial charge in [0.1, 0.15) is 11.5 Å². The van der Waals surface area contributed by atoms with Crippen molar-refractivity contribution in [3.05, 3.63) is 96.3 Å². The average molecular weight is 515 g/mol. The highest BCUT2D eigenvalue weighted by atomic mass is 32.1. The van der Waals surface area contributed by atoms with E-state index >= 15 is 0 Å². The molecular formula is C31H30O5S. The van der Waals surface area contributed by atoms with Gasteiger partial charge in [0.05, 0.1) is 17.2 Å². The van der Waals surface area contributed by atoms with Crippen LogP contribution in [0.2, 0.25) is 0 Å². The number of fused-ring (bicyclic) bond motifs is 1. The molecule has 0 aliphatic heterocycles. The predicted octanol–water partition coefficient (Wildman–Crippen LogP) is 8.51. The maximum atomic E-state index is 10.8. The first-order chi connectivity index (χ1) is 17.9. The summed E-state index contributed by atoms with van der Waals surface area (Å²) in [5.41, 5.74) is 3.17. The lowest BCUT2D eigenvalue weighted by molar-refractivity contribution is -0.131. The van der Waals surface area contributed by atoms with Crippen LogP contribution >= 0.6 is 11.3 Å². The summed E-state index contributed by atoms with van der Waals surface area (Å²) in [5, 5.41) is 9.87. The van der Waals surface area contributed by atoms with E-state index in [2.05, 4.69) is 38.6 Å². The first kappa shape index (κ1) is 26.2. The zero-order valence-corrected chi connectivity index (χ0v) is 22.0. The molecule has 4 rings (SSSR count). The zero-order valence-electron chi connectivity index (χ0n) is 21.2. The molecule has 0 saturated carbocycles. The Hall–Kier alpha value is -3.87. The maximum absolute atomic E-state index is 10.8. The number of aliphatic carboxylic acids is 1. The first-order valence-corrected chi connectivity index (χ1v) is 12.9. The van der Waals surface area contributed by atoms with Crippen LogP contribution in [0.15, 0.2) is 85.1 Å². The van der Waals surface area contributed by atoms with Crippen molar-refractivity contribution in [2.75, 3.05) is 13.7 Å². The fourth-order valence-corrected chi connectivity index (χ4v) is 5.17. The van der Waals surface area contributed by atoms with Gasteiger partial charge in [0.15, 0.2) is 5.75 Å². The predicted molar refractivity (Wildman–Crippen MR) is 151 cm³/mol. The number of thiophene rings is 1. The van der Waals surface area contributed by atoms with E-state index in [-0.39, 0.29) is 0 Å². The van der Waals surface area contributed by atoms with Crippen LogP contribution in [-0.4, -0.2) is 24.8 Å². The Morgan fingerprint density at radius 1 is 1.05 bits per heavy atom. The van der Waals surface area contributed by atoms with Gasteiger partial charge in [-0.05, 0) is 59.0 Å². The molecule has 0 spiro atoms. The van der Waals surface area contributed by atoms with Crippen LogP contribution in [0.3, 0.4) is 0 Å². The number of benzene rings is 3. The smallest absolute Gasteiger partial charge is 0.328 e. The van der Waals surface area contributed by atoms with Crippen LogP contribution in [0.4, 0.5) is 0 Å². The molecule has 0 unspecified atom stereocenters. The lowest BCUT2D eigenvalue weighted by atomic mass is 9.96. The van der Waals surface area contributed by atoms with Crippen molar-refractivity contribution in [3.63, 3.8) is 0 Å². The topological polar surface area (TPSA) is 65.0 Å². The van der Waals surface area contributed by atoms with Gasteiger partial charge in [0, 0.05) is 29.7 Å². The van der Waals surface area contributed by atoms with E-state index in [0.29, 0.717) is 30.5 Å². The standard InChI is InChI=1S/C31H30O5S/c1-20(2)25-7-5-6-8-26(25)31-30(36-23-12-9-22(10-13-23)11-16-29(32)33)27-15-14-24(19-28(27)37-31)35-21(3)17-18-34-4/h5-16,19-20H,3,17-18H2,1-2,4H3,(H,32,33)/b16-11+. The van der Waals surface area contributed by atoms with Gasteiger partial charge in [-0.3, -0.25) is 0 Å². The molecule has 4 aromatic rings. The molecule has 1 N–H and O–H groups in total. The average Bonchev–Trinajstić information content (AvgIpc) is 3.24. The maximum Gasteiger partial charge on any atom is 0.328 e. The molecule has 190 valence electrons. The highest BCUT2D eigenvalue weighted by molar-refractivity contribution is 7.22. The van der Waals surface area contributed by atoms with Crippen LogP contribution in [0.5, 0.6) is 17.2 Å². The molecule has 37 heavy (non-hydrogen) atoms. The van der Waals surface area contributed by atoms with E-state index in [4.69, 9.17) is 19.3 Å². The van der Waals surface area contributed by atoms with Crippen molar-refractivity contribution in [3.8, 4) is 27.7 Å². The van der Waals surface area contributed by atoms with Crippen molar-refractivity contribution in [2.24, 2.45) is 0 Å². The second kappa shape index (κ2) is 11.9. The van der Waals surface area contributed by atoms with Gasteiger partial charge in [-0.15, -0.1) is 11.3 Å². The molecule has 1 heterocycles. The van der Waals surface area contributed by atoms with Gasteiger partial charge in [-0.1, -0.05) is 56.8 Å². The molecule has 0 amide bonds. The molecule has 0 radical (unpaired) electrons. The Kier molecular flexibility index (Phi) is 8.43. The Bertz CT molecular complexity index is 1430. The lowest BCUT2D eigenvalue weighted by Gasteiger charge is -2.14. The lowest BCUT2D eigenvalue weighted by Crippen LogP contribution is -1.98. The van der Waals surface area contributed by atoms with E-state index in [1.807, 2.05) is 48.5 Å². The van der Waals surface area contributed by atoms with Crippen LogP contribution in [-0.2, 0) is 9.53 Å². The summed E-state index contributed by atoms with van der Waals surface area (Å²) in [7, 11) is 1.66. The summed E-state index contributed by atoms with van der Waals surface area (Å²) in [5.74, 6) is 2.19. The summed E-state index contributed by atoms with van der Waals surface area (Å²) in [6.45, 7) is 8.92. The minimum atomic E-state index is -0.982. The molecule has 6 heteroatoms. The van der Waals surface area contributed by atoms with E-state index in [1.54, 1.807) is 24.5 Å². The van der Waals surface area contributed by atoms with Gasteiger partial charge in [0.25, 0.3) is 0 Å². The van der Waals surface area contributed by atoms with Gasteiger partial charge in [-0.2, -0.15) is 0 Å². The van der Waals surface area contributed by atoms with Gasteiger partial charge >= 0.3 is 5.97 Å². The van der Waals surface area contributed by atoms with Crippen molar-refractivity contribution >= 4 is 33.5 Å². The van der Waals surface area contributed by atoms with Gasteiger partial charge < -0.3 is 19.3 Å². The van der Waals surface area contributed by atoms with Crippen LogP contribution in [0, 0.1) is 0 Å². The van der Waals surface area contributed by atoms with Crippen molar-refractivity contribution < 1.29 is 24.1 Å². The molecular weight excluding hydrogens is 484 g/mol. The molecule has 0 aliphatic rings. The quantitative estimate of drug-likeness (QED) is 0.161. The van der Waals surface area contributed by atoms with Crippen molar-refractivity contribution in [2.45, 2.75) is 26.2 Å². The molecule has 0 fully saturated rings. The molecule has 0 bridgehead atoms. The Morgan fingerprint density at radius 3 is 2.49 bits per heavy atom. The Balaban J connectivity index is 1.75. The number of ether oxygens (including phenoxy) is 3. The number of carboxylic acids is 1. The van der Waals surface area contributed by atoms with Crippen molar-refractivity contribution in [1.29, 1.82) is 0 Å². The largest absolute Gasteiger partial charge is 0.478 e. The molecule has 3 aromatic carbocycles. The minimum Gasteiger partial charge on any atom is -0.478 e. The molecule has 0 saturated heterocycles. The normalized spacial score (nSPS) is 11.4. The SMILES string of the molecule is C=C(CCOC)Oc1ccc2c(Oc3ccc(/C=C/C(=O)O)cc3)c(-c3ccccc3C(C)C)sc2c1. The van der Waals surface area contributed by atoms with Gasteiger partial charge in [-0.25, -0.2) is 4.79 Å². The van der Waals surface area contributed by atoms with Gasteiger partial charge in [0.2, 0.25) is 0 Å². The molecule has 5 nitrogen and oxygen atoms in total. The highest BCUT2D eigenvalue weighted by Gasteiger charge is 2.20. The number of carbonyl (C=O) groups is 1. The first-order valence-electron chi connectivity index (χ1n) is 12.0. The van der Waals surface area contributed by atoms with E-state index < -0.39 is 5.97 Å². The number of hydrogen-bond acceptors (Lipinski definition) is 5. The number of hydrogen-bond donors (Lipinski definition) is 1. The molecule has 0 atom stereocenters. The monoisotopic (exact) mass is 514 g/mol.